The molecule has 1 aliphatic heterocycles. The molecule has 2 aromatic carbocycles. The number of carbonyl (C=O) groups is 1. The first-order chi connectivity index (χ1) is 12.0. The van der Waals surface area contributed by atoms with E-state index in [0.717, 1.165) is 34.9 Å². The number of aryl methyl sites for hydroxylation is 2. The molecule has 5 heteroatoms. The highest BCUT2D eigenvalue weighted by atomic mass is 35.5. The van der Waals surface area contributed by atoms with Gasteiger partial charge in [-0.1, -0.05) is 47.5 Å². The van der Waals surface area contributed by atoms with Gasteiger partial charge in [0.15, 0.2) is 0 Å². The second-order valence-electron chi connectivity index (χ2n) is 6.55. The summed E-state index contributed by atoms with van der Waals surface area (Å²) in [7, 11) is 0. The van der Waals surface area contributed by atoms with Crippen LogP contribution < -0.4 is 10.2 Å². The summed E-state index contributed by atoms with van der Waals surface area (Å²) in [6.07, 6.45) is 0. The summed E-state index contributed by atoms with van der Waals surface area (Å²) < 4.78 is 0. The fourth-order valence-corrected chi connectivity index (χ4v) is 3.12. The minimum absolute atomic E-state index is 0.00200. The zero-order valence-electron chi connectivity index (χ0n) is 14.8. The lowest BCUT2D eigenvalue weighted by Gasteiger charge is -2.36. The largest absolute Gasteiger partial charge is 0.368 e. The van der Waals surface area contributed by atoms with Crippen molar-refractivity contribution in [3.05, 3.63) is 64.2 Å². The number of hydrogen-bond acceptors (Lipinski definition) is 2. The summed E-state index contributed by atoms with van der Waals surface area (Å²) in [6.45, 7) is 7.68. The fourth-order valence-electron chi connectivity index (χ4n) is 2.94. The number of hydrogen-bond donors (Lipinski definition) is 1. The molecule has 25 heavy (non-hydrogen) atoms. The van der Waals surface area contributed by atoms with Crippen molar-refractivity contribution in [1.29, 1.82) is 0 Å². The summed E-state index contributed by atoms with van der Waals surface area (Å²) in [5.74, 6) is 0. The van der Waals surface area contributed by atoms with Crippen LogP contribution in [0.1, 0.15) is 16.7 Å². The monoisotopic (exact) mass is 357 g/mol. The summed E-state index contributed by atoms with van der Waals surface area (Å²) in [6, 6.07) is 14.4. The van der Waals surface area contributed by atoms with Crippen molar-refractivity contribution in [3.63, 3.8) is 0 Å². The molecule has 0 aliphatic carbocycles. The molecule has 0 aromatic heterocycles. The number of urea groups is 1. The zero-order valence-corrected chi connectivity index (χ0v) is 15.5. The van der Waals surface area contributed by atoms with E-state index in [2.05, 4.69) is 47.5 Å². The van der Waals surface area contributed by atoms with Gasteiger partial charge in [0.25, 0.3) is 0 Å². The predicted molar refractivity (Wildman–Crippen MR) is 103 cm³/mol. The molecule has 2 amide bonds. The van der Waals surface area contributed by atoms with Crippen LogP contribution in [0.2, 0.25) is 5.02 Å². The van der Waals surface area contributed by atoms with Crippen LogP contribution in [-0.2, 0) is 6.54 Å². The third-order valence-corrected chi connectivity index (χ3v) is 5.06. The molecule has 1 saturated heterocycles. The lowest BCUT2D eigenvalue weighted by Crippen LogP contribution is -2.51. The number of rotatable bonds is 3. The molecule has 0 saturated carbocycles. The van der Waals surface area contributed by atoms with E-state index in [1.807, 2.05) is 24.0 Å². The Kier molecular flexibility index (Phi) is 5.49. The Morgan fingerprint density at radius 3 is 2.36 bits per heavy atom. The number of halogens is 1. The third-order valence-electron chi connectivity index (χ3n) is 4.65. The molecular formula is C20H24ClN3O. The SMILES string of the molecule is Cc1ccc(CNC(=O)N2CCN(c3ccc(C)c(Cl)c3)CC2)cc1. The summed E-state index contributed by atoms with van der Waals surface area (Å²) in [5, 5.41) is 3.79. The van der Waals surface area contributed by atoms with E-state index >= 15 is 0 Å². The first-order valence-electron chi connectivity index (χ1n) is 8.62. The number of piperazine rings is 1. The van der Waals surface area contributed by atoms with Crippen molar-refractivity contribution < 1.29 is 4.79 Å². The van der Waals surface area contributed by atoms with Gasteiger partial charge in [0.05, 0.1) is 0 Å². The van der Waals surface area contributed by atoms with Gasteiger partial charge in [-0.2, -0.15) is 0 Å². The van der Waals surface area contributed by atoms with E-state index in [1.54, 1.807) is 0 Å². The van der Waals surface area contributed by atoms with E-state index < -0.39 is 0 Å². The zero-order chi connectivity index (χ0) is 17.8. The van der Waals surface area contributed by atoms with Gasteiger partial charge in [0.1, 0.15) is 0 Å². The summed E-state index contributed by atoms with van der Waals surface area (Å²) >= 11 is 6.22. The molecule has 3 rings (SSSR count). The lowest BCUT2D eigenvalue weighted by atomic mass is 10.1. The smallest absolute Gasteiger partial charge is 0.317 e. The first kappa shape index (κ1) is 17.6. The minimum atomic E-state index is 0.00200. The number of benzene rings is 2. The average Bonchev–Trinajstić information content (AvgIpc) is 2.63. The fraction of sp³-hybridized carbons (Fsp3) is 0.350. The second-order valence-corrected chi connectivity index (χ2v) is 6.96. The van der Waals surface area contributed by atoms with Crippen molar-refractivity contribution in [2.24, 2.45) is 0 Å². The Balaban J connectivity index is 1.50. The molecule has 0 radical (unpaired) electrons. The standard InChI is InChI=1S/C20H24ClN3O/c1-15-3-6-17(7-4-15)14-22-20(25)24-11-9-23(10-12-24)18-8-5-16(2)19(21)13-18/h3-8,13H,9-12,14H2,1-2H3,(H,22,25). The van der Waals surface area contributed by atoms with E-state index in [-0.39, 0.29) is 6.03 Å². The van der Waals surface area contributed by atoms with Gasteiger partial charge in [0, 0.05) is 43.4 Å². The number of anilines is 1. The molecule has 0 unspecified atom stereocenters. The lowest BCUT2D eigenvalue weighted by molar-refractivity contribution is 0.194. The van der Waals surface area contributed by atoms with Crippen LogP contribution >= 0.6 is 11.6 Å². The van der Waals surface area contributed by atoms with Crippen LogP contribution in [0.15, 0.2) is 42.5 Å². The number of carbonyl (C=O) groups excluding carboxylic acids is 1. The highest BCUT2D eigenvalue weighted by Gasteiger charge is 2.21. The van der Waals surface area contributed by atoms with Crippen LogP contribution in [0.5, 0.6) is 0 Å². The van der Waals surface area contributed by atoms with Crippen molar-refractivity contribution in [2.75, 3.05) is 31.1 Å². The molecule has 1 heterocycles. The molecule has 0 atom stereocenters. The maximum Gasteiger partial charge on any atom is 0.317 e. The van der Waals surface area contributed by atoms with Gasteiger partial charge in [-0.25, -0.2) is 4.79 Å². The average molecular weight is 358 g/mol. The number of amides is 2. The number of nitrogens with zero attached hydrogens (tertiary/aromatic N) is 2. The normalized spacial score (nSPS) is 14.5. The first-order valence-corrected chi connectivity index (χ1v) is 9.00. The molecule has 132 valence electrons. The van der Waals surface area contributed by atoms with Gasteiger partial charge in [-0.05, 0) is 37.1 Å². The molecular weight excluding hydrogens is 334 g/mol. The molecule has 2 aromatic rings. The van der Waals surface area contributed by atoms with Crippen LogP contribution in [0.25, 0.3) is 0 Å². The molecule has 1 fully saturated rings. The summed E-state index contributed by atoms with van der Waals surface area (Å²) in [5.41, 5.74) is 4.55. The van der Waals surface area contributed by atoms with Crippen LogP contribution in [0, 0.1) is 13.8 Å². The van der Waals surface area contributed by atoms with Crippen molar-refractivity contribution in [1.82, 2.24) is 10.2 Å². The quantitative estimate of drug-likeness (QED) is 0.901. The van der Waals surface area contributed by atoms with Gasteiger partial charge in [0.2, 0.25) is 0 Å². The topological polar surface area (TPSA) is 35.6 Å². The van der Waals surface area contributed by atoms with Crippen molar-refractivity contribution in [3.8, 4) is 0 Å². The van der Waals surface area contributed by atoms with Gasteiger partial charge < -0.3 is 15.1 Å². The van der Waals surface area contributed by atoms with E-state index in [0.29, 0.717) is 19.6 Å². The molecule has 0 spiro atoms. The predicted octanol–water partition coefficient (Wildman–Crippen LogP) is 3.99. The van der Waals surface area contributed by atoms with E-state index in [1.165, 1.54) is 5.56 Å². The Hall–Kier alpha value is -2.20. The second kappa shape index (κ2) is 7.79. The van der Waals surface area contributed by atoms with Gasteiger partial charge in [-0.3, -0.25) is 0 Å². The van der Waals surface area contributed by atoms with Crippen LogP contribution in [-0.4, -0.2) is 37.1 Å². The molecule has 0 bridgehead atoms. The van der Waals surface area contributed by atoms with Gasteiger partial charge in [-0.15, -0.1) is 0 Å². The van der Waals surface area contributed by atoms with E-state index in [9.17, 15) is 4.79 Å². The van der Waals surface area contributed by atoms with Gasteiger partial charge >= 0.3 is 6.03 Å². The number of nitrogens with one attached hydrogen (secondary N) is 1. The Morgan fingerprint density at radius 2 is 1.72 bits per heavy atom. The van der Waals surface area contributed by atoms with E-state index in [4.69, 9.17) is 11.6 Å². The Bertz CT molecular complexity index is 737. The highest BCUT2D eigenvalue weighted by molar-refractivity contribution is 6.31. The van der Waals surface area contributed by atoms with Crippen LogP contribution in [0.3, 0.4) is 0 Å². The Labute approximate surface area is 154 Å². The molecule has 4 nitrogen and oxygen atoms in total. The van der Waals surface area contributed by atoms with Crippen molar-refractivity contribution >= 4 is 23.3 Å². The summed E-state index contributed by atoms with van der Waals surface area (Å²) in [4.78, 5) is 16.5. The minimum Gasteiger partial charge on any atom is -0.368 e. The Morgan fingerprint density at radius 1 is 1.04 bits per heavy atom. The maximum absolute atomic E-state index is 12.4. The highest BCUT2D eigenvalue weighted by Crippen LogP contribution is 2.24. The van der Waals surface area contributed by atoms with Crippen molar-refractivity contribution in [2.45, 2.75) is 20.4 Å². The maximum atomic E-state index is 12.4. The molecule has 1 aliphatic rings. The van der Waals surface area contributed by atoms with Crippen LogP contribution in [0.4, 0.5) is 10.5 Å². The third kappa shape index (κ3) is 4.45. The molecule has 1 N–H and O–H groups in total.